The molecule has 2 N–H and O–H groups in total. The molecule has 1 saturated heterocycles. The molecule has 1 aromatic heterocycles. The average Bonchev–Trinajstić information content (AvgIpc) is 2.40. The Bertz CT molecular complexity index is 506. The van der Waals surface area contributed by atoms with Crippen LogP contribution in [0.4, 0.5) is 5.95 Å². The molecule has 1 aliphatic heterocycles. The summed E-state index contributed by atoms with van der Waals surface area (Å²) in [6, 6.07) is 8.50. The molecule has 17 heavy (non-hydrogen) atoms. The highest BCUT2D eigenvalue weighted by Crippen LogP contribution is 2.13. The van der Waals surface area contributed by atoms with Crippen LogP contribution in [0.1, 0.15) is 12.8 Å². The number of para-hydroxylation sites is 1. The summed E-state index contributed by atoms with van der Waals surface area (Å²) in [5.41, 5.74) is 0.994. The maximum Gasteiger partial charge on any atom is 0.223 e. The SMILES string of the molecule is c1ccc2nc(NC3CCCNC3)ncc2c1. The molecule has 88 valence electrons. The fourth-order valence-electron chi connectivity index (χ4n) is 2.20. The lowest BCUT2D eigenvalue weighted by Crippen LogP contribution is -2.38. The molecule has 0 amide bonds. The Labute approximate surface area is 100 Å². The number of nitrogens with one attached hydrogen (secondary N) is 2. The third-order valence-electron chi connectivity index (χ3n) is 3.12. The third-order valence-corrected chi connectivity index (χ3v) is 3.12. The van der Waals surface area contributed by atoms with Crippen LogP contribution < -0.4 is 10.6 Å². The van der Waals surface area contributed by atoms with Gasteiger partial charge in [0.2, 0.25) is 5.95 Å². The molecule has 4 heteroatoms. The molecule has 2 aromatic rings. The van der Waals surface area contributed by atoms with Crippen molar-refractivity contribution in [2.45, 2.75) is 18.9 Å². The molecule has 3 rings (SSSR count). The van der Waals surface area contributed by atoms with E-state index in [0.29, 0.717) is 6.04 Å². The van der Waals surface area contributed by atoms with Crippen LogP contribution in [0.3, 0.4) is 0 Å². The molecule has 0 aliphatic carbocycles. The van der Waals surface area contributed by atoms with Gasteiger partial charge in [-0.1, -0.05) is 18.2 Å². The monoisotopic (exact) mass is 228 g/mol. The van der Waals surface area contributed by atoms with Gasteiger partial charge in [0.05, 0.1) is 5.52 Å². The van der Waals surface area contributed by atoms with Crippen LogP contribution in [-0.2, 0) is 0 Å². The van der Waals surface area contributed by atoms with E-state index in [-0.39, 0.29) is 0 Å². The molecule has 0 radical (unpaired) electrons. The number of rotatable bonds is 2. The first-order valence-corrected chi connectivity index (χ1v) is 6.11. The minimum atomic E-state index is 0.449. The normalized spacial score (nSPS) is 20.4. The Balaban J connectivity index is 1.80. The van der Waals surface area contributed by atoms with Gasteiger partial charge in [-0.3, -0.25) is 0 Å². The lowest BCUT2D eigenvalue weighted by Gasteiger charge is -2.23. The van der Waals surface area contributed by atoms with E-state index in [9.17, 15) is 0 Å². The zero-order valence-corrected chi connectivity index (χ0v) is 9.69. The van der Waals surface area contributed by atoms with E-state index in [1.165, 1.54) is 12.8 Å². The molecule has 1 aromatic carbocycles. The van der Waals surface area contributed by atoms with E-state index >= 15 is 0 Å². The van der Waals surface area contributed by atoms with Crippen LogP contribution in [0.2, 0.25) is 0 Å². The Morgan fingerprint density at radius 2 is 2.24 bits per heavy atom. The van der Waals surface area contributed by atoms with Gasteiger partial charge in [-0.15, -0.1) is 0 Å². The summed E-state index contributed by atoms with van der Waals surface area (Å²) in [4.78, 5) is 8.87. The van der Waals surface area contributed by atoms with Gasteiger partial charge in [0.25, 0.3) is 0 Å². The molecule has 0 bridgehead atoms. The molecule has 2 heterocycles. The van der Waals surface area contributed by atoms with E-state index in [0.717, 1.165) is 29.9 Å². The van der Waals surface area contributed by atoms with Crippen molar-refractivity contribution in [3.05, 3.63) is 30.5 Å². The molecule has 1 unspecified atom stereocenters. The maximum atomic E-state index is 4.52. The summed E-state index contributed by atoms with van der Waals surface area (Å²) in [7, 11) is 0. The summed E-state index contributed by atoms with van der Waals surface area (Å²) < 4.78 is 0. The van der Waals surface area contributed by atoms with E-state index in [2.05, 4.69) is 20.6 Å². The predicted molar refractivity (Wildman–Crippen MR) is 69.1 cm³/mol. The van der Waals surface area contributed by atoms with Gasteiger partial charge in [0.15, 0.2) is 0 Å². The minimum Gasteiger partial charge on any atom is -0.350 e. The van der Waals surface area contributed by atoms with Crippen molar-refractivity contribution in [2.24, 2.45) is 0 Å². The molecular formula is C13H16N4. The van der Waals surface area contributed by atoms with Crippen molar-refractivity contribution in [2.75, 3.05) is 18.4 Å². The molecule has 0 saturated carbocycles. The molecule has 1 fully saturated rings. The molecule has 1 atom stereocenters. The van der Waals surface area contributed by atoms with E-state index in [4.69, 9.17) is 0 Å². The van der Waals surface area contributed by atoms with Crippen LogP contribution >= 0.6 is 0 Å². The minimum absolute atomic E-state index is 0.449. The van der Waals surface area contributed by atoms with Crippen LogP contribution in [0.15, 0.2) is 30.5 Å². The lowest BCUT2D eigenvalue weighted by molar-refractivity contribution is 0.478. The Morgan fingerprint density at radius 3 is 3.12 bits per heavy atom. The van der Waals surface area contributed by atoms with Crippen molar-refractivity contribution in [3.63, 3.8) is 0 Å². The first-order valence-electron chi connectivity index (χ1n) is 6.11. The fraction of sp³-hybridized carbons (Fsp3) is 0.385. The van der Waals surface area contributed by atoms with Gasteiger partial charge in [0, 0.05) is 24.2 Å². The number of hydrogen-bond acceptors (Lipinski definition) is 4. The van der Waals surface area contributed by atoms with Crippen LogP contribution in [0.25, 0.3) is 10.9 Å². The van der Waals surface area contributed by atoms with Gasteiger partial charge in [-0.2, -0.15) is 0 Å². The van der Waals surface area contributed by atoms with Crippen LogP contribution in [0, 0.1) is 0 Å². The largest absolute Gasteiger partial charge is 0.350 e. The molecular weight excluding hydrogens is 212 g/mol. The number of anilines is 1. The number of benzene rings is 1. The van der Waals surface area contributed by atoms with Gasteiger partial charge < -0.3 is 10.6 Å². The van der Waals surface area contributed by atoms with E-state index in [1.807, 2.05) is 30.5 Å². The number of fused-ring (bicyclic) bond motifs is 1. The summed E-state index contributed by atoms with van der Waals surface area (Å²) >= 11 is 0. The second kappa shape index (κ2) is 4.67. The van der Waals surface area contributed by atoms with Crippen LogP contribution in [0.5, 0.6) is 0 Å². The van der Waals surface area contributed by atoms with Crippen molar-refractivity contribution >= 4 is 16.9 Å². The standard InChI is InChI=1S/C13H16N4/c1-2-6-12-10(4-1)8-15-13(17-12)16-11-5-3-7-14-9-11/h1-2,4,6,8,11,14H,3,5,7,9H2,(H,15,16,17). The highest BCUT2D eigenvalue weighted by Gasteiger charge is 2.13. The van der Waals surface area contributed by atoms with E-state index in [1.54, 1.807) is 0 Å². The summed E-state index contributed by atoms with van der Waals surface area (Å²) in [5, 5.41) is 7.85. The zero-order valence-electron chi connectivity index (χ0n) is 9.69. The Morgan fingerprint density at radius 1 is 1.29 bits per heavy atom. The highest BCUT2D eigenvalue weighted by molar-refractivity contribution is 5.78. The topological polar surface area (TPSA) is 49.8 Å². The van der Waals surface area contributed by atoms with Gasteiger partial charge in [0.1, 0.15) is 0 Å². The number of aromatic nitrogens is 2. The number of nitrogens with zero attached hydrogens (tertiary/aromatic N) is 2. The third kappa shape index (κ3) is 2.36. The van der Waals surface area contributed by atoms with Crippen molar-refractivity contribution in [1.82, 2.24) is 15.3 Å². The fourth-order valence-corrected chi connectivity index (χ4v) is 2.20. The molecule has 0 spiro atoms. The van der Waals surface area contributed by atoms with E-state index < -0.39 is 0 Å². The van der Waals surface area contributed by atoms with Gasteiger partial charge in [-0.25, -0.2) is 9.97 Å². The Kier molecular flexibility index (Phi) is 2.88. The predicted octanol–water partition coefficient (Wildman–Crippen LogP) is 1.79. The highest BCUT2D eigenvalue weighted by atomic mass is 15.1. The second-order valence-electron chi connectivity index (χ2n) is 4.44. The molecule has 4 nitrogen and oxygen atoms in total. The Hall–Kier alpha value is -1.68. The quantitative estimate of drug-likeness (QED) is 0.823. The number of piperidine rings is 1. The zero-order chi connectivity index (χ0) is 11.5. The lowest BCUT2D eigenvalue weighted by atomic mass is 10.1. The van der Waals surface area contributed by atoms with Crippen LogP contribution in [-0.4, -0.2) is 29.1 Å². The van der Waals surface area contributed by atoms with Crippen molar-refractivity contribution < 1.29 is 0 Å². The molecule has 1 aliphatic rings. The van der Waals surface area contributed by atoms with Gasteiger partial charge in [-0.05, 0) is 25.5 Å². The van der Waals surface area contributed by atoms with Crippen molar-refractivity contribution in [3.8, 4) is 0 Å². The summed E-state index contributed by atoms with van der Waals surface area (Å²) in [6.45, 7) is 2.12. The van der Waals surface area contributed by atoms with Gasteiger partial charge >= 0.3 is 0 Å². The first kappa shape index (κ1) is 10.5. The second-order valence-corrected chi connectivity index (χ2v) is 4.44. The summed E-state index contributed by atoms with van der Waals surface area (Å²) in [5.74, 6) is 0.734. The summed E-state index contributed by atoms with van der Waals surface area (Å²) in [6.07, 6.45) is 4.27. The average molecular weight is 228 g/mol. The van der Waals surface area contributed by atoms with Crippen molar-refractivity contribution in [1.29, 1.82) is 0 Å². The smallest absolute Gasteiger partial charge is 0.223 e. The first-order chi connectivity index (χ1) is 8.42. The number of hydrogen-bond donors (Lipinski definition) is 2. The maximum absolute atomic E-state index is 4.52.